The molecule has 2 rings (SSSR count). The number of amides is 2. The second-order valence-corrected chi connectivity index (χ2v) is 7.75. The molecular weight excluding hydrogens is 394 g/mol. The Bertz CT molecular complexity index is 806. The molecule has 0 radical (unpaired) electrons. The van der Waals surface area contributed by atoms with Crippen molar-refractivity contribution in [2.75, 3.05) is 19.6 Å². The van der Waals surface area contributed by atoms with Gasteiger partial charge in [-0.2, -0.15) is 0 Å². The van der Waals surface area contributed by atoms with E-state index in [1.807, 2.05) is 54.3 Å². The Hall–Kier alpha value is -3.11. The fourth-order valence-corrected chi connectivity index (χ4v) is 3.45. The highest BCUT2D eigenvalue weighted by atomic mass is 16.2. The van der Waals surface area contributed by atoms with Crippen LogP contribution in [0.15, 0.2) is 97.6 Å². The Morgan fingerprint density at radius 1 is 1.00 bits per heavy atom. The highest BCUT2D eigenvalue weighted by Gasteiger charge is 2.19. The Kier molecular flexibility index (Phi) is 11.6. The van der Waals surface area contributed by atoms with Gasteiger partial charge >= 0.3 is 6.03 Å². The molecule has 0 saturated heterocycles. The van der Waals surface area contributed by atoms with E-state index in [9.17, 15) is 4.79 Å². The minimum atomic E-state index is -0.175. The van der Waals surface area contributed by atoms with Crippen LogP contribution in [0.4, 0.5) is 4.79 Å². The molecule has 1 unspecified atom stereocenters. The van der Waals surface area contributed by atoms with E-state index < -0.39 is 0 Å². The van der Waals surface area contributed by atoms with Crippen LogP contribution in [0.25, 0.3) is 0 Å². The Morgan fingerprint density at radius 2 is 1.62 bits per heavy atom. The van der Waals surface area contributed by atoms with E-state index in [1.165, 1.54) is 0 Å². The number of rotatable bonds is 13. The highest BCUT2D eigenvalue weighted by Crippen LogP contribution is 2.22. The van der Waals surface area contributed by atoms with E-state index in [2.05, 4.69) is 66.6 Å². The number of allylic oxidation sites excluding steroid dienone is 4. The van der Waals surface area contributed by atoms with Gasteiger partial charge in [0.2, 0.25) is 0 Å². The minimum Gasteiger partial charge on any atom is -0.327 e. The summed E-state index contributed by atoms with van der Waals surface area (Å²) >= 11 is 0. The molecule has 2 amide bonds. The van der Waals surface area contributed by atoms with Crippen LogP contribution in [-0.2, 0) is 0 Å². The van der Waals surface area contributed by atoms with Crippen LogP contribution in [0.1, 0.15) is 43.9 Å². The summed E-state index contributed by atoms with van der Waals surface area (Å²) in [6.45, 7) is 9.93. The van der Waals surface area contributed by atoms with Crippen molar-refractivity contribution in [2.45, 2.75) is 38.8 Å². The maximum Gasteiger partial charge on any atom is 0.318 e. The van der Waals surface area contributed by atoms with Crippen LogP contribution in [0.3, 0.4) is 0 Å². The largest absolute Gasteiger partial charge is 0.327 e. The fraction of sp³-hybridized carbons (Fsp3) is 0.321. The summed E-state index contributed by atoms with van der Waals surface area (Å²) in [6, 6.07) is 20.4. The number of carbonyl (C=O) groups is 1. The molecule has 1 atom stereocenters. The van der Waals surface area contributed by atoms with Crippen molar-refractivity contribution in [3.05, 3.63) is 109 Å². The van der Waals surface area contributed by atoms with Crippen molar-refractivity contribution in [1.82, 2.24) is 15.5 Å². The second kappa shape index (κ2) is 14.8. The van der Waals surface area contributed by atoms with Crippen molar-refractivity contribution in [1.29, 1.82) is 0 Å². The minimum absolute atomic E-state index is 0.0476. The summed E-state index contributed by atoms with van der Waals surface area (Å²) in [6.07, 6.45) is 12.1. The molecule has 0 aliphatic carbocycles. The quantitative estimate of drug-likeness (QED) is 0.308. The molecule has 0 bridgehead atoms. The molecule has 170 valence electrons. The molecule has 2 aromatic rings. The first-order valence-corrected chi connectivity index (χ1v) is 11.5. The van der Waals surface area contributed by atoms with Crippen LogP contribution < -0.4 is 10.6 Å². The van der Waals surface area contributed by atoms with E-state index in [0.29, 0.717) is 19.1 Å². The number of hydrogen-bond acceptors (Lipinski definition) is 2. The van der Waals surface area contributed by atoms with Gasteiger partial charge in [-0.05, 0) is 37.8 Å². The molecule has 2 N–H and O–H groups in total. The van der Waals surface area contributed by atoms with Crippen LogP contribution in [0, 0.1) is 0 Å². The summed E-state index contributed by atoms with van der Waals surface area (Å²) in [5, 5.41) is 6.75. The van der Waals surface area contributed by atoms with Crippen molar-refractivity contribution in [3.8, 4) is 0 Å². The van der Waals surface area contributed by atoms with E-state index in [4.69, 9.17) is 0 Å². The number of nitrogens with one attached hydrogen (secondary N) is 2. The predicted octanol–water partition coefficient (Wildman–Crippen LogP) is 5.86. The SMILES string of the molecule is C=C/C=C\C/C=C\CC(C)NCCN(CC)C(=O)NC(c1ccccc1)c1ccccc1. The van der Waals surface area contributed by atoms with Crippen LogP contribution in [0.2, 0.25) is 0 Å². The monoisotopic (exact) mass is 431 g/mol. The number of likely N-dealkylation sites (N-methyl/N-ethyl adjacent to an activating group) is 1. The second-order valence-electron chi connectivity index (χ2n) is 7.75. The van der Waals surface area contributed by atoms with Crippen LogP contribution in [-0.4, -0.2) is 36.6 Å². The fourth-order valence-electron chi connectivity index (χ4n) is 3.45. The normalized spacial score (nSPS) is 12.3. The van der Waals surface area contributed by atoms with Gasteiger partial charge in [0.25, 0.3) is 0 Å². The molecular formula is C28H37N3O. The lowest BCUT2D eigenvalue weighted by molar-refractivity contribution is 0.197. The van der Waals surface area contributed by atoms with Crippen molar-refractivity contribution >= 4 is 6.03 Å². The van der Waals surface area contributed by atoms with Gasteiger partial charge in [-0.25, -0.2) is 4.79 Å². The molecule has 0 aliphatic rings. The maximum atomic E-state index is 13.1. The summed E-state index contributed by atoms with van der Waals surface area (Å²) in [7, 11) is 0. The van der Waals surface area contributed by atoms with Crippen molar-refractivity contribution in [2.24, 2.45) is 0 Å². The maximum absolute atomic E-state index is 13.1. The smallest absolute Gasteiger partial charge is 0.318 e. The molecule has 0 saturated carbocycles. The first kappa shape index (κ1) is 25.2. The van der Waals surface area contributed by atoms with E-state index >= 15 is 0 Å². The molecule has 0 fully saturated rings. The zero-order valence-corrected chi connectivity index (χ0v) is 19.4. The predicted molar refractivity (Wildman–Crippen MR) is 136 cm³/mol. The standard InChI is InChI=1S/C28H37N3O/c1-4-6-7-8-9-12-17-24(3)29-22-23-31(5-2)28(32)30-27(25-18-13-10-14-19-25)26-20-15-11-16-21-26/h4,6-7,9-16,18-21,24,27,29H,1,5,8,17,22-23H2,2-3H3,(H,30,32)/b7-6-,12-9-. The zero-order chi connectivity index (χ0) is 23.0. The number of carbonyl (C=O) groups excluding carboxylic acids is 1. The lowest BCUT2D eigenvalue weighted by Crippen LogP contribution is -2.45. The third-order valence-electron chi connectivity index (χ3n) is 5.28. The van der Waals surface area contributed by atoms with E-state index in [1.54, 1.807) is 6.08 Å². The van der Waals surface area contributed by atoms with Gasteiger partial charge in [-0.15, -0.1) is 0 Å². The van der Waals surface area contributed by atoms with Crippen molar-refractivity contribution in [3.63, 3.8) is 0 Å². The average Bonchev–Trinajstić information content (AvgIpc) is 2.83. The summed E-state index contributed by atoms with van der Waals surface area (Å²) in [4.78, 5) is 14.9. The third kappa shape index (κ3) is 8.94. The molecule has 0 aliphatic heterocycles. The lowest BCUT2D eigenvalue weighted by Gasteiger charge is -2.27. The van der Waals surface area contributed by atoms with Gasteiger partial charge in [0.15, 0.2) is 0 Å². The number of nitrogens with zero attached hydrogens (tertiary/aromatic N) is 1. The molecule has 4 nitrogen and oxygen atoms in total. The van der Waals surface area contributed by atoms with Crippen LogP contribution >= 0.6 is 0 Å². The van der Waals surface area contributed by atoms with Gasteiger partial charge in [0, 0.05) is 25.7 Å². The Labute approximate surface area is 193 Å². The molecule has 2 aromatic carbocycles. The average molecular weight is 432 g/mol. The van der Waals surface area contributed by atoms with Gasteiger partial charge in [0.05, 0.1) is 6.04 Å². The number of urea groups is 1. The zero-order valence-electron chi connectivity index (χ0n) is 19.4. The van der Waals surface area contributed by atoms with Gasteiger partial charge in [-0.1, -0.05) is 97.6 Å². The molecule has 4 heteroatoms. The van der Waals surface area contributed by atoms with Gasteiger partial charge in [0.1, 0.15) is 0 Å². The summed E-state index contributed by atoms with van der Waals surface area (Å²) in [5.74, 6) is 0. The molecule has 0 aromatic heterocycles. The van der Waals surface area contributed by atoms with Crippen molar-refractivity contribution < 1.29 is 4.79 Å². The van der Waals surface area contributed by atoms with E-state index in [0.717, 1.165) is 30.5 Å². The Balaban J connectivity index is 1.88. The number of hydrogen-bond donors (Lipinski definition) is 2. The summed E-state index contributed by atoms with van der Waals surface area (Å²) in [5.41, 5.74) is 2.15. The highest BCUT2D eigenvalue weighted by molar-refractivity contribution is 5.75. The lowest BCUT2D eigenvalue weighted by atomic mass is 9.99. The van der Waals surface area contributed by atoms with Gasteiger partial charge in [-0.3, -0.25) is 0 Å². The molecule has 0 spiro atoms. The van der Waals surface area contributed by atoms with Crippen LogP contribution in [0.5, 0.6) is 0 Å². The first-order valence-electron chi connectivity index (χ1n) is 11.5. The third-order valence-corrected chi connectivity index (χ3v) is 5.28. The Morgan fingerprint density at radius 3 is 2.19 bits per heavy atom. The number of benzene rings is 2. The van der Waals surface area contributed by atoms with Gasteiger partial charge < -0.3 is 15.5 Å². The topological polar surface area (TPSA) is 44.4 Å². The first-order chi connectivity index (χ1) is 15.7. The molecule has 32 heavy (non-hydrogen) atoms. The van der Waals surface area contributed by atoms with E-state index in [-0.39, 0.29) is 12.1 Å². The molecule has 0 heterocycles. The summed E-state index contributed by atoms with van der Waals surface area (Å²) < 4.78 is 0.